The molecular formula is C16H25IN4S2. The van der Waals surface area contributed by atoms with Gasteiger partial charge < -0.3 is 10.6 Å². The summed E-state index contributed by atoms with van der Waals surface area (Å²) in [6.45, 7) is 8.85. The van der Waals surface area contributed by atoms with Crippen LogP contribution in [0.15, 0.2) is 27.2 Å². The highest BCUT2D eigenvalue weighted by atomic mass is 127. The Hall–Kier alpha value is -0.670. The lowest BCUT2D eigenvalue weighted by atomic mass is 10.1. The number of rotatable bonds is 7. The molecule has 0 bridgehead atoms. The van der Waals surface area contributed by atoms with Crippen LogP contribution in [0.2, 0.25) is 0 Å². The average Bonchev–Trinajstić information content (AvgIpc) is 3.16. The minimum absolute atomic E-state index is 0. The molecule has 0 amide bonds. The van der Waals surface area contributed by atoms with Gasteiger partial charge in [-0.2, -0.15) is 11.3 Å². The molecule has 2 N–H and O–H groups in total. The van der Waals surface area contributed by atoms with Gasteiger partial charge in [0, 0.05) is 37.4 Å². The molecule has 0 spiro atoms. The Kier molecular flexibility index (Phi) is 9.73. The van der Waals surface area contributed by atoms with Crippen molar-refractivity contribution >= 4 is 52.6 Å². The standard InChI is InChI=1S/C16H24N4S2.HI/c1-4-17-16(18-7-5-15-11-22-13(3)20-15)19-9-12(2)14-6-8-21-10-14;/h6,8,10-12H,4-5,7,9H2,1-3H3,(H2,17,18,19);1H. The van der Waals surface area contributed by atoms with E-state index in [1.54, 1.807) is 22.7 Å². The van der Waals surface area contributed by atoms with E-state index in [0.717, 1.165) is 42.7 Å². The van der Waals surface area contributed by atoms with E-state index in [1.807, 2.05) is 6.92 Å². The minimum atomic E-state index is 0. The molecule has 128 valence electrons. The first-order valence-electron chi connectivity index (χ1n) is 7.64. The molecule has 1 atom stereocenters. The topological polar surface area (TPSA) is 49.3 Å². The van der Waals surface area contributed by atoms with Crippen LogP contribution >= 0.6 is 46.7 Å². The van der Waals surface area contributed by atoms with Crippen molar-refractivity contribution in [3.05, 3.63) is 38.5 Å². The summed E-state index contributed by atoms with van der Waals surface area (Å²) in [6, 6.07) is 2.18. The first-order chi connectivity index (χ1) is 10.7. The largest absolute Gasteiger partial charge is 0.357 e. The molecule has 2 rings (SSSR count). The molecule has 2 aromatic heterocycles. The molecule has 0 radical (unpaired) electrons. The van der Waals surface area contributed by atoms with E-state index in [4.69, 9.17) is 0 Å². The second kappa shape index (κ2) is 11.0. The van der Waals surface area contributed by atoms with E-state index in [0.29, 0.717) is 5.92 Å². The maximum absolute atomic E-state index is 4.69. The van der Waals surface area contributed by atoms with Crippen molar-refractivity contribution in [3.8, 4) is 0 Å². The summed E-state index contributed by atoms with van der Waals surface area (Å²) in [5.41, 5.74) is 2.51. The maximum Gasteiger partial charge on any atom is 0.191 e. The quantitative estimate of drug-likeness (QED) is 0.370. The monoisotopic (exact) mass is 464 g/mol. The first-order valence-corrected chi connectivity index (χ1v) is 9.46. The van der Waals surface area contributed by atoms with Gasteiger partial charge in [-0.3, -0.25) is 4.99 Å². The van der Waals surface area contributed by atoms with Gasteiger partial charge in [0.05, 0.1) is 10.7 Å². The van der Waals surface area contributed by atoms with E-state index in [1.165, 1.54) is 5.56 Å². The third kappa shape index (κ3) is 7.17. The Labute approximate surface area is 163 Å². The van der Waals surface area contributed by atoms with Crippen LogP contribution in [0.4, 0.5) is 0 Å². The number of aromatic nitrogens is 1. The molecule has 0 aliphatic heterocycles. The van der Waals surface area contributed by atoms with Gasteiger partial charge in [0.1, 0.15) is 0 Å². The summed E-state index contributed by atoms with van der Waals surface area (Å²) in [5.74, 6) is 1.33. The fourth-order valence-corrected chi connectivity index (χ4v) is 3.49. The van der Waals surface area contributed by atoms with Gasteiger partial charge in [0.15, 0.2) is 5.96 Å². The summed E-state index contributed by atoms with van der Waals surface area (Å²) in [6.07, 6.45) is 0.925. The third-order valence-corrected chi connectivity index (χ3v) is 4.84. The molecule has 4 nitrogen and oxygen atoms in total. The fraction of sp³-hybridized carbons (Fsp3) is 0.500. The Bertz CT molecular complexity index is 581. The molecule has 0 fully saturated rings. The maximum atomic E-state index is 4.69. The van der Waals surface area contributed by atoms with E-state index >= 15 is 0 Å². The van der Waals surface area contributed by atoms with Crippen LogP contribution in [0.3, 0.4) is 0 Å². The Morgan fingerprint density at radius 2 is 2.17 bits per heavy atom. The zero-order valence-electron chi connectivity index (χ0n) is 13.8. The van der Waals surface area contributed by atoms with Crippen LogP contribution in [0.25, 0.3) is 0 Å². The molecule has 0 aliphatic rings. The number of nitrogens with zero attached hydrogens (tertiary/aromatic N) is 2. The van der Waals surface area contributed by atoms with Crippen LogP contribution in [0.1, 0.15) is 36.0 Å². The van der Waals surface area contributed by atoms with E-state index in [9.17, 15) is 0 Å². The van der Waals surface area contributed by atoms with Crippen molar-refractivity contribution in [2.75, 3.05) is 19.6 Å². The number of nitrogens with one attached hydrogen (secondary N) is 2. The number of guanidine groups is 1. The van der Waals surface area contributed by atoms with Gasteiger partial charge in [0.25, 0.3) is 0 Å². The molecule has 0 saturated heterocycles. The molecular weight excluding hydrogens is 439 g/mol. The van der Waals surface area contributed by atoms with Gasteiger partial charge >= 0.3 is 0 Å². The van der Waals surface area contributed by atoms with Crippen LogP contribution < -0.4 is 10.6 Å². The first kappa shape index (κ1) is 20.4. The minimum Gasteiger partial charge on any atom is -0.357 e. The van der Waals surface area contributed by atoms with E-state index in [-0.39, 0.29) is 24.0 Å². The SMILES string of the molecule is CCNC(=NCC(C)c1ccsc1)NCCc1csc(C)n1.I. The normalized spacial score (nSPS) is 12.6. The lowest BCUT2D eigenvalue weighted by Crippen LogP contribution is -2.38. The second-order valence-corrected chi connectivity index (χ2v) is 7.05. The number of aliphatic imine (C=N–C) groups is 1. The number of thiazole rings is 1. The van der Waals surface area contributed by atoms with Gasteiger partial charge in [-0.25, -0.2) is 4.98 Å². The van der Waals surface area contributed by atoms with Gasteiger partial charge in [-0.05, 0) is 36.2 Å². The Balaban J connectivity index is 0.00000264. The van der Waals surface area contributed by atoms with Gasteiger partial charge in [0.2, 0.25) is 0 Å². The summed E-state index contributed by atoms with van der Waals surface area (Å²) in [7, 11) is 0. The predicted octanol–water partition coefficient (Wildman–Crippen LogP) is 4.03. The number of hydrogen-bond donors (Lipinski definition) is 2. The van der Waals surface area contributed by atoms with E-state index < -0.39 is 0 Å². The predicted molar refractivity (Wildman–Crippen MR) is 113 cm³/mol. The molecule has 2 aromatic rings. The van der Waals surface area contributed by atoms with Gasteiger partial charge in [-0.1, -0.05) is 6.92 Å². The molecule has 0 saturated carbocycles. The highest BCUT2D eigenvalue weighted by molar-refractivity contribution is 14.0. The van der Waals surface area contributed by atoms with Crippen molar-refractivity contribution in [1.29, 1.82) is 0 Å². The highest BCUT2D eigenvalue weighted by Gasteiger charge is 2.06. The van der Waals surface area contributed by atoms with Crippen molar-refractivity contribution in [1.82, 2.24) is 15.6 Å². The third-order valence-electron chi connectivity index (χ3n) is 3.32. The number of hydrogen-bond acceptors (Lipinski definition) is 4. The molecule has 7 heteroatoms. The summed E-state index contributed by atoms with van der Waals surface area (Å²) in [5, 5.41) is 14.3. The second-order valence-electron chi connectivity index (χ2n) is 5.21. The molecule has 1 unspecified atom stereocenters. The van der Waals surface area contributed by atoms with Gasteiger partial charge in [-0.15, -0.1) is 35.3 Å². The fourth-order valence-electron chi connectivity index (χ4n) is 2.06. The van der Waals surface area contributed by atoms with Crippen LogP contribution in [0, 0.1) is 6.92 Å². The number of thiophene rings is 1. The van der Waals surface area contributed by atoms with Crippen LogP contribution in [-0.4, -0.2) is 30.6 Å². The molecule has 2 heterocycles. The molecule has 23 heavy (non-hydrogen) atoms. The summed E-state index contributed by atoms with van der Waals surface area (Å²) in [4.78, 5) is 9.17. The summed E-state index contributed by atoms with van der Waals surface area (Å²) < 4.78 is 0. The van der Waals surface area contributed by atoms with Crippen LogP contribution in [-0.2, 0) is 6.42 Å². The average molecular weight is 464 g/mol. The lowest BCUT2D eigenvalue weighted by Gasteiger charge is -2.12. The summed E-state index contributed by atoms with van der Waals surface area (Å²) >= 11 is 3.44. The van der Waals surface area contributed by atoms with Crippen molar-refractivity contribution in [2.45, 2.75) is 33.1 Å². The zero-order chi connectivity index (χ0) is 15.8. The lowest BCUT2D eigenvalue weighted by molar-refractivity contribution is 0.745. The smallest absolute Gasteiger partial charge is 0.191 e. The Morgan fingerprint density at radius 1 is 1.35 bits per heavy atom. The van der Waals surface area contributed by atoms with Crippen molar-refractivity contribution < 1.29 is 0 Å². The van der Waals surface area contributed by atoms with Crippen molar-refractivity contribution in [2.24, 2.45) is 4.99 Å². The van der Waals surface area contributed by atoms with E-state index in [2.05, 4.69) is 56.7 Å². The molecule has 0 aromatic carbocycles. The number of halogens is 1. The Morgan fingerprint density at radius 3 is 2.78 bits per heavy atom. The molecule has 0 aliphatic carbocycles. The van der Waals surface area contributed by atoms with Crippen molar-refractivity contribution in [3.63, 3.8) is 0 Å². The number of aryl methyl sites for hydroxylation is 1. The highest BCUT2D eigenvalue weighted by Crippen LogP contribution is 2.18. The van der Waals surface area contributed by atoms with Crippen LogP contribution in [0.5, 0.6) is 0 Å². The zero-order valence-corrected chi connectivity index (χ0v) is 17.8.